The summed E-state index contributed by atoms with van der Waals surface area (Å²) in [5.41, 5.74) is 3.29. The molecule has 1 aromatic carbocycles. The average Bonchev–Trinajstić information content (AvgIpc) is 2.59. The smallest absolute Gasteiger partial charge is 0.243 e. The Morgan fingerprint density at radius 2 is 1.50 bits per heavy atom. The maximum atomic E-state index is 11.8. The molecule has 3 N–H and O–H groups in total. The molecule has 1 rings (SSSR count). The molecule has 0 aliphatic carbocycles. The Morgan fingerprint density at radius 1 is 0.958 bits per heavy atom. The molecule has 0 unspecified atom stereocenters. The van der Waals surface area contributed by atoms with Crippen LogP contribution in [0.3, 0.4) is 0 Å². The normalized spacial score (nSPS) is 10.3. The van der Waals surface area contributed by atoms with Gasteiger partial charge in [0.2, 0.25) is 11.8 Å². The van der Waals surface area contributed by atoms with E-state index in [2.05, 4.69) is 10.2 Å². The summed E-state index contributed by atoms with van der Waals surface area (Å²) in [6, 6.07) is 7.50. The molecule has 0 bridgehead atoms. The van der Waals surface area contributed by atoms with Crippen LogP contribution in [0.4, 0.5) is 11.4 Å². The molecule has 0 radical (unpaired) electrons. The monoisotopic (exact) mass is 375 g/mol. The Balaban J connectivity index is 2.42. The zero-order valence-electron chi connectivity index (χ0n) is 13.4. The summed E-state index contributed by atoms with van der Waals surface area (Å²) in [6.07, 6.45) is 1.65. The van der Waals surface area contributed by atoms with Crippen molar-refractivity contribution in [2.75, 3.05) is 35.1 Å². The van der Waals surface area contributed by atoms with Crippen LogP contribution in [0.2, 0.25) is 0 Å². The van der Waals surface area contributed by atoms with E-state index < -0.39 is 5.91 Å². The lowest BCUT2D eigenvalue weighted by atomic mass is 10.2. The Bertz CT molecular complexity index is 506. The standard InChI is InChI=1S/C16H23Cl2N3O3/c17-9-11-21(12-10-18)14-7-5-13(6-8-14)19-15(22)3-1-2-4-16(23)20-24/h5-8,24H,1-4,9-12H2,(H,19,22)(H,20,23). The number of nitrogens with one attached hydrogen (secondary N) is 2. The van der Waals surface area contributed by atoms with Gasteiger partial charge in [-0.05, 0) is 37.1 Å². The van der Waals surface area contributed by atoms with Crippen LogP contribution in [0.25, 0.3) is 0 Å². The molecule has 0 heterocycles. The first kappa shape index (κ1) is 20.5. The number of carbonyl (C=O) groups excluding carboxylic acids is 2. The fourth-order valence-corrected chi connectivity index (χ4v) is 2.59. The number of benzene rings is 1. The van der Waals surface area contributed by atoms with Gasteiger partial charge in [0.1, 0.15) is 0 Å². The van der Waals surface area contributed by atoms with Gasteiger partial charge in [-0.2, -0.15) is 0 Å². The van der Waals surface area contributed by atoms with Crippen LogP contribution < -0.4 is 15.7 Å². The number of unbranched alkanes of at least 4 members (excludes halogenated alkanes) is 1. The van der Waals surface area contributed by atoms with Crippen molar-refractivity contribution in [3.8, 4) is 0 Å². The highest BCUT2D eigenvalue weighted by Crippen LogP contribution is 2.18. The largest absolute Gasteiger partial charge is 0.369 e. The lowest BCUT2D eigenvalue weighted by molar-refractivity contribution is -0.129. The van der Waals surface area contributed by atoms with Gasteiger partial charge in [0.15, 0.2) is 0 Å². The maximum absolute atomic E-state index is 11.8. The van der Waals surface area contributed by atoms with Crippen molar-refractivity contribution < 1.29 is 14.8 Å². The number of hydrogen-bond donors (Lipinski definition) is 3. The van der Waals surface area contributed by atoms with Crippen LogP contribution in [0.5, 0.6) is 0 Å². The second-order valence-corrected chi connectivity index (χ2v) is 5.96. The van der Waals surface area contributed by atoms with Gasteiger partial charge in [-0.15, -0.1) is 23.2 Å². The van der Waals surface area contributed by atoms with Crippen molar-refractivity contribution in [3.63, 3.8) is 0 Å². The van der Waals surface area contributed by atoms with E-state index in [1.165, 1.54) is 0 Å². The van der Waals surface area contributed by atoms with Gasteiger partial charge in [-0.1, -0.05) is 0 Å². The van der Waals surface area contributed by atoms with E-state index in [4.69, 9.17) is 28.4 Å². The summed E-state index contributed by atoms with van der Waals surface area (Å²) in [5, 5.41) is 11.2. The molecule has 0 atom stereocenters. The third-order valence-electron chi connectivity index (χ3n) is 3.41. The minimum absolute atomic E-state index is 0.106. The number of hydrogen-bond acceptors (Lipinski definition) is 4. The molecule has 2 amide bonds. The van der Waals surface area contributed by atoms with Gasteiger partial charge >= 0.3 is 0 Å². The average molecular weight is 376 g/mol. The molecule has 0 saturated heterocycles. The fraction of sp³-hybridized carbons (Fsp3) is 0.500. The van der Waals surface area contributed by atoms with E-state index in [9.17, 15) is 9.59 Å². The predicted octanol–water partition coefficient (Wildman–Crippen LogP) is 2.97. The zero-order chi connectivity index (χ0) is 17.8. The van der Waals surface area contributed by atoms with Gasteiger partial charge in [-0.25, -0.2) is 5.48 Å². The molecule has 0 aromatic heterocycles. The van der Waals surface area contributed by atoms with Crippen LogP contribution in [0, 0.1) is 0 Å². The van der Waals surface area contributed by atoms with Gasteiger partial charge < -0.3 is 10.2 Å². The van der Waals surface area contributed by atoms with Gasteiger partial charge in [-0.3, -0.25) is 14.8 Å². The van der Waals surface area contributed by atoms with Gasteiger partial charge in [0.25, 0.3) is 0 Å². The number of rotatable bonds is 11. The second kappa shape index (κ2) is 11.9. The van der Waals surface area contributed by atoms with E-state index in [0.29, 0.717) is 49.8 Å². The molecule has 0 fully saturated rings. The summed E-state index contributed by atoms with van der Waals surface area (Å²) in [6.45, 7) is 1.42. The highest BCUT2D eigenvalue weighted by Gasteiger charge is 2.07. The Kier molecular flexibility index (Phi) is 10.2. The number of carbonyl (C=O) groups is 2. The lowest BCUT2D eigenvalue weighted by Gasteiger charge is -2.23. The fourth-order valence-electron chi connectivity index (χ4n) is 2.18. The number of alkyl halides is 2. The number of nitrogens with zero attached hydrogens (tertiary/aromatic N) is 1. The van der Waals surface area contributed by atoms with Crippen molar-refractivity contribution in [1.29, 1.82) is 0 Å². The van der Waals surface area contributed by atoms with Crippen LogP contribution in [0.1, 0.15) is 25.7 Å². The maximum Gasteiger partial charge on any atom is 0.243 e. The van der Waals surface area contributed by atoms with Crippen molar-refractivity contribution in [3.05, 3.63) is 24.3 Å². The van der Waals surface area contributed by atoms with Gasteiger partial charge in [0.05, 0.1) is 0 Å². The molecule has 134 valence electrons. The molecule has 1 aromatic rings. The Morgan fingerprint density at radius 3 is 2.00 bits per heavy atom. The predicted molar refractivity (Wildman–Crippen MR) is 97.1 cm³/mol. The number of amides is 2. The summed E-state index contributed by atoms with van der Waals surface area (Å²) in [7, 11) is 0. The van der Waals surface area contributed by atoms with Crippen molar-refractivity contribution >= 4 is 46.4 Å². The Labute approximate surface area is 152 Å². The van der Waals surface area contributed by atoms with Crippen LogP contribution >= 0.6 is 23.2 Å². The summed E-state index contributed by atoms with van der Waals surface area (Å²) >= 11 is 11.6. The topological polar surface area (TPSA) is 81.7 Å². The molecular weight excluding hydrogens is 353 g/mol. The summed E-state index contributed by atoms with van der Waals surface area (Å²) in [4.78, 5) is 24.8. The van der Waals surface area contributed by atoms with E-state index in [1.807, 2.05) is 24.3 Å². The molecular formula is C16H23Cl2N3O3. The molecule has 6 nitrogen and oxygen atoms in total. The first-order valence-electron chi connectivity index (χ1n) is 7.80. The molecule has 0 saturated carbocycles. The molecule has 0 spiro atoms. The SMILES string of the molecule is O=C(CCCCC(=O)Nc1ccc(N(CCCl)CCCl)cc1)NO. The Hall–Kier alpha value is -1.50. The molecule has 0 aliphatic rings. The van der Waals surface area contributed by atoms with Crippen molar-refractivity contribution in [1.82, 2.24) is 5.48 Å². The molecule has 0 aliphatic heterocycles. The molecule has 24 heavy (non-hydrogen) atoms. The van der Waals surface area contributed by atoms with Crippen molar-refractivity contribution in [2.24, 2.45) is 0 Å². The lowest BCUT2D eigenvalue weighted by Crippen LogP contribution is -2.27. The highest BCUT2D eigenvalue weighted by molar-refractivity contribution is 6.18. The third-order valence-corrected chi connectivity index (χ3v) is 3.75. The quantitative estimate of drug-likeness (QED) is 0.240. The first-order chi connectivity index (χ1) is 11.6. The zero-order valence-corrected chi connectivity index (χ0v) is 14.9. The van der Waals surface area contributed by atoms with E-state index in [1.54, 1.807) is 5.48 Å². The van der Waals surface area contributed by atoms with E-state index >= 15 is 0 Å². The summed E-state index contributed by atoms with van der Waals surface area (Å²) in [5.74, 6) is 0.489. The first-order valence-corrected chi connectivity index (χ1v) is 8.87. The van der Waals surface area contributed by atoms with Crippen LogP contribution in [-0.4, -0.2) is 41.9 Å². The molecule has 8 heteroatoms. The van der Waals surface area contributed by atoms with E-state index in [-0.39, 0.29) is 12.3 Å². The van der Waals surface area contributed by atoms with E-state index in [0.717, 1.165) is 5.69 Å². The third kappa shape index (κ3) is 7.86. The second-order valence-electron chi connectivity index (χ2n) is 5.20. The van der Waals surface area contributed by atoms with Crippen LogP contribution in [0.15, 0.2) is 24.3 Å². The van der Waals surface area contributed by atoms with Gasteiger partial charge in [0, 0.05) is 49.1 Å². The number of halogens is 2. The van der Waals surface area contributed by atoms with Crippen LogP contribution in [-0.2, 0) is 9.59 Å². The number of anilines is 2. The number of hydroxylamine groups is 1. The highest BCUT2D eigenvalue weighted by atomic mass is 35.5. The minimum Gasteiger partial charge on any atom is -0.369 e. The van der Waals surface area contributed by atoms with Crippen molar-refractivity contribution in [2.45, 2.75) is 25.7 Å². The summed E-state index contributed by atoms with van der Waals surface area (Å²) < 4.78 is 0. The minimum atomic E-state index is -0.440.